The Morgan fingerprint density at radius 1 is 1.07 bits per heavy atom. The summed E-state index contributed by atoms with van der Waals surface area (Å²) >= 11 is 0. The molecule has 3 heteroatoms. The molecule has 0 amide bonds. The minimum atomic E-state index is -0.274. The van der Waals surface area contributed by atoms with Gasteiger partial charge >= 0.3 is 0 Å². The van der Waals surface area contributed by atoms with Crippen LogP contribution in [0.5, 0.6) is 0 Å². The molecule has 1 N–H and O–H groups in total. The fraction of sp³-hybridized carbons (Fsp3) is 0.923. The van der Waals surface area contributed by atoms with Crippen LogP contribution >= 0.6 is 0 Å². The Balaban J connectivity index is 1.30. The first-order chi connectivity index (χ1) is 13.9. The van der Waals surface area contributed by atoms with Gasteiger partial charge in [-0.3, -0.25) is 0 Å². The van der Waals surface area contributed by atoms with Gasteiger partial charge in [0.1, 0.15) is 0 Å². The van der Waals surface area contributed by atoms with E-state index in [1.807, 2.05) is 0 Å². The molecule has 4 aliphatic carbocycles. The number of ether oxygens (including phenoxy) is 2. The Bertz CT molecular complexity index is 709. The second-order valence-electron chi connectivity index (χ2n) is 12.0. The molecule has 29 heavy (non-hydrogen) atoms. The van der Waals surface area contributed by atoms with Crippen LogP contribution in [0.25, 0.3) is 0 Å². The molecule has 0 aromatic rings. The maximum atomic E-state index is 10.2. The highest BCUT2D eigenvalue weighted by atomic mass is 16.7. The Morgan fingerprint density at radius 3 is 2.72 bits per heavy atom. The number of hydrogen-bond donors (Lipinski definition) is 1. The molecule has 0 aromatic heterocycles. The number of aliphatic hydroxyl groups is 1. The van der Waals surface area contributed by atoms with E-state index in [9.17, 15) is 5.11 Å². The van der Waals surface area contributed by atoms with Crippen molar-refractivity contribution < 1.29 is 14.6 Å². The Hall–Kier alpha value is -0.380. The molecule has 10 atom stereocenters. The van der Waals surface area contributed by atoms with E-state index >= 15 is 0 Å². The van der Waals surface area contributed by atoms with E-state index in [2.05, 4.69) is 26.8 Å². The van der Waals surface area contributed by atoms with Crippen molar-refractivity contribution in [3.63, 3.8) is 0 Å². The highest BCUT2D eigenvalue weighted by Gasteiger charge is 2.68. The van der Waals surface area contributed by atoms with E-state index in [0.717, 1.165) is 43.6 Å². The number of fused-ring (bicyclic) bond motifs is 7. The number of aliphatic hydroxyl groups excluding tert-OH is 1. The first-order valence-corrected chi connectivity index (χ1v) is 12.6. The third-order valence-electron chi connectivity index (χ3n) is 11.0. The largest absolute Gasteiger partial charge is 0.393 e. The summed E-state index contributed by atoms with van der Waals surface area (Å²) < 4.78 is 13.2. The molecule has 162 valence electrons. The van der Waals surface area contributed by atoms with E-state index in [0.29, 0.717) is 28.8 Å². The summed E-state index contributed by atoms with van der Waals surface area (Å²) in [4.78, 5) is 0. The monoisotopic (exact) mass is 400 g/mol. The van der Waals surface area contributed by atoms with Gasteiger partial charge in [-0.1, -0.05) is 32.4 Å². The van der Waals surface area contributed by atoms with Crippen molar-refractivity contribution in [3.05, 3.63) is 11.6 Å². The highest BCUT2D eigenvalue weighted by molar-refractivity contribution is 5.26. The van der Waals surface area contributed by atoms with Gasteiger partial charge in [0, 0.05) is 12.3 Å². The van der Waals surface area contributed by atoms with Crippen LogP contribution in [-0.4, -0.2) is 29.7 Å². The summed E-state index contributed by atoms with van der Waals surface area (Å²) in [7, 11) is 0. The van der Waals surface area contributed by atoms with Crippen molar-refractivity contribution in [2.75, 3.05) is 6.61 Å². The molecular formula is C26H40O3. The molecule has 2 saturated heterocycles. The van der Waals surface area contributed by atoms with Crippen molar-refractivity contribution in [2.24, 2.45) is 40.4 Å². The first-order valence-electron chi connectivity index (χ1n) is 12.6. The van der Waals surface area contributed by atoms with Gasteiger partial charge in [-0.05, 0) is 92.3 Å². The van der Waals surface area contributed by atoms with Gasteiger partial charge < -0.3 is 14.6 Å². The molecule has 0 bridgehead atoms. The predicted molar refractivity (Wildman–Crippen MR) is 113 cm³/mol. The van der Waals surface area contributed by atoms with Crippen LogP contribution in [0.4, 0.5) is 0 Å². The third-order valence-corrected chi connectivity index (χ3v) is 11.0. The average Bonchev–Trinajstić information content (AvgIpc) is 3.14. The quantitative estimate of drug-likeness (QED) is 0.548. The standard InChI is InChI=1S/C26H40O3/c1-16-23-22(29-26(16)10-4-5-13-28-26)15-21-19-7-6-17-14-18(27)8-11-24(17,2)20(19)9-12-25(21,23)3/h6,16,18-23,27H,4-5,7-15H2,1-3H3/t16-,18+,19+,20-,21-,22-,23-,24+,25+,26+/m1/s1. The average molecular weight is 401 g/mol. The van der Waals surface area contributed by atoms with Gasteiger partial charge in [-0.25, -0.2) is 0 Å². The summed E-state index contributed by atoms with van der Waals surface area (Å²) in [5.41, 5.74) is 2.32. The summed E-state index contributed by atoms with van der Waals surface area (Å²) in [6, 6.07) is 0. The molecule has 2 heterocycles. The fourth-order valence-corrected chi connectivity index (χ4v) is 9.56. The second-order valence-corrected chi connectivity index (χ2v) is 12.0. The van der Waals surface area contributed by atoms with Crippen molar-refractivity contribution in [1.29, 1.82) is 0 Å². The van der Waals surface area contributed by atoms with Crippen molar-refractivity contribution >= 4 is 0 Å². The molecule has 5 fully saturated rings. The molecule has 3 nitrogen and oxygen atoms in total. The zero-order valence-electron chi connectivity index (χ0n) is 18.7. The van der Waals surface area contributed by atoms with Gasteiger partial charge in [0.15, 0.2) is 5.79 Å². The first kappa shape index (κ1) is 19.3. The summed E-state index contributed by atoms with van der Waals surface area (Å²) in [5, 5.41) is 10.2. The molecular weight excluding hydrogens is 360 g/mol. The maximum Gasteiger partial charge on any atom is 0.171 e. The SMILES string of the molecule is C[C@@H]1[C@@H]2[C@@H](C[C@@H]3[C@H]4CC=C5C[C@@H](O)CC[C@]5(C)[C@@H]4CC[C@]23C)O[C@@]12CCCCO2. The van der Waals surface area contributed by atoms with Crippen LogP contribution in [-0.2, 0) is 9.47 Å². The lowest BCUT2D eigenvalue weighted by molar-refractivity contribution is -0.264. The fourth-order valence-electron chi connectivity index (χ4n) is 9.56. The van der Waals surface area contributed by atoms with Crippen molar-refractivity contribution in [3.8, 4) is 0 Å². The Labute approximate surface area is 176 Å². The summed E-state index contributed by atoms with van der Waals surface area (Å²) in [5.74, 6) is 3.32. The summed E-state index contributed by atoms with van der Waals surface area (Å²) in [6.45, 7) is 8.47. The van der Waals surface area contributed by atoms with Crippen LogP contribution in [0.3, 0.4) is 0 Å². The molecule has 0 radical (unpaired) electrons. The Morgan fingerprint density at radius 2 is 1.93 bits per heavy atom. The van der Waals surface area contributed by atoms with Crippen LogP contribution in [0.15, 0.2) is 11.6 Å². The van der Waals surface area contributed by atoms with E-state index in [-0.39, 0.29) is 11.9 Å². The third kappa shape index (κ3) is 2.47. The van der Waals surface area contributed by atoms with Crippen molar-refractivity contribution in [2.45, 2.75) is 103 Å². The number of rotatable bonds is 0. The molecule has 1 spiro atoms. The van der Waals surface area contributed by atoms with Crippen LogP contribution < -0.4 is 0 Å². The Kier molecular flexibility index (Phi) is 4.21. The zero-order valence-corrected chi connectivity index (χ0v) is 18.7. The topological polar surface area (TPSA) is 38.7 Å². The van der Waals surface area contributed by atoms with Gasteiger partial charge in [0.2, 0.25) is 0 Å². The van der Waals surface area contributed by atoms with Gasteiger partial charge in [0.05, 0.1) is 18.8 Å². The minimum Gasteiger partial charge on any atom is -0.393 e. The van der Waals surface area contributed by atoms with E-state index in [1.165, 1.54) is 44.9 Å². The van der Waals surface area contributed by atoms with Gasteiger partial charge in [-0.2, -0.15) is 0 Å². The number of hydrogen-bond acceptors (Lipinski definition) is 3. The summed E-state index contributed by atoms with van der Waals surface area (Å²) in [6.07, 6.45) is 14.7. The van der Waals surface area contributed by atoms with Gasteiger partial charge in [0.25, 0.3) is 0 Å². The molecule has 0 unspecified atom stereocenters. The smallest absolute Gasteiger partial charge is 0.171 e. The van der Waals surface area contributed by atoms with E-state index in [1.54, 1.807) is 5.57 Å². The van der Waals surface area contributed by atoms with Crippen molar-refractivity contribution in [1.82, 2.24) is 0 Å². The van der Waals surface area contributed by atoms with E-state index < -0.39 is 0 Å². The van der Waals surface area contributed by atoms with Crippen LogP contribution in [0, 0.1) is 40.4 Å². The molecule has 2 aliphatic heterocycles. The lowest BCUT2D eigenvalue weighted by Crippen LogP contribution is -2.52. The lowest BCUT2D eigenvalue weighted by atomic mass is 9.47. The molecule has 6 rings (SSSR count). The van der Waals surface area contributed by atoms with E-state index in [4.69, 9.17) is 9.47 Å². The lowest BCUT2D eigenvalue weighted by Gasteiger charge is -2.58. The van der Waals surface area contributed by atoms with Crippen LogP contribution in [0.1, 0.15) is 85.0 Å². The predicted octanol–water partition coefficient (Wildman–Crippen LogP) is 5.47. The minimum absolute atomic E-state index is 0.105. The highest BCUT2D eigenvalue weighted by Crippen LogP contribution is 2.70. The molecule has 0 aromatic carbocycles. The maximum absolute atomic E-state index is 10.2. The molecule has 3 saturated carbocycles. The van der Waals surface area contributed by atoms with Gasteiger partial charge in [-0.15, -0.1) is 0 Å². The normalized spacial score (nSPS) is 58.9. The molecule has 6 aliphatic rings. The second kappa shape index (κ2) is 6.33. The van der Waals surface area contributed by atoms with Crippen LogP contribution in [0.2, 0.25) is 0 Å². The number of allylic oxidation sites excluding steroid dienone is 1. The zero-order chi connectivity index (χ0) is 20.0.